The maximum Gasteiger partial charge on any atom is 0.312 e. The summed E-state index contributed by atoms with van der Waals surface area (Å²) in [6.07, 6.45) is 0.635. The summed E-state index contributed by atoms with van der Waals surface area (Å²) < 4.78 is 5.15. The van der Waals surface area contributed by atoms with E-state index < -0.39 is 5.97 Å². The maximum atomic E-state index is 12.4. The number of esters is 1. The second-order valence-corrected chi connectivity index (χ2v) is 7.54. The van der Waals surface area contributed by atoms with E-state index in [9.17, 15) is 14.4 Å². The van der Waals surface area contributed by atoms with Gasteiger partial charge in [0.05, 0.1) is 23.5 Å². The van der Waals surface area contributed by atoms with Gasteiger partial charge in [-0.25, -0.2) is 5.10 Å². The molecule has 0 aliphatic heterocycles. The van der Waals surface area contributed by atoms with Crippen LogP contribution in [0.15, 0.2) is 59.4 Å². The van der Waals surface area contributed by atoms with Gasteiger partial charge in [-0.05, 0) is 24.0 Å². The minimum Gasteiger partial charge on any atom is -0.455 e. The van der Waals surface area contributed by atoms with Crippen LogP contribution in [-0.2, 0) is 20.7 Å². The van der Waals surface area contributed by atoms with Crippen LogP contribution in [0.3, 0.4) is 0 Å². The molecule has 0 saturated heterocycles. The second-order valence-electron chi connectivity index (χ2n) is 7.54. The molecule has 3 rings (SSSR count). The summed E-state index contributed by atoms with van der Waals surface area (Å²) in [5.41, 5.74) is 1.09. The topological polar surface area (TPSA) is 101 Å². The highest BCUT2D eigenvalue weighted by atomic mass is 16.5. The normalized spacial score (nSPS) is 12.0. The number of aromatic amines is 1. The summed E-state index contributed by atoms with van der Waals surface area (Å²) in [5.74, 6) is -0.565. The average molecular weight is 407 g/mol. The average Bonchev–Trinajstić information content (AvgIpc) is 2.74. The summed E-state index contributed by atoms with van der Waals surface area (Å²) in [4.78, 5) is 36.5. The quantitative estimate of drug-likeness (QED) is 0.559. The highest BCUT2D eigenvalue weighted by Gasteiger charge is 2.18. The molecule has 0 fully saturated rings. The molecular weight excluding hydrogens is 382 g/mol. The molecule has 2 aromatic carbocycles. The zero-order valence-corrected chi connectivity index (χ0v) is 17.1. The number of benzene rings is 2. The van der Waals surface area contributed by atoms with Crippen LogP contribution in [0.4, 0.5) is 0 Å². The van der Waals surface area contributed by atoms with Crippen LogP contribution in [0.25, 0.3) is 10.8 Å². The Morgan fingerprint density at radius 3 is 2.40 bits per heavy atom. The van der Waals surface area contributed by atoms with E-state index in [2.05, 4.69) is 29.4 Å². The minimum absolute atomic E-state index is 0.140. The Morgan fingerprint density at radius 2 is 1.70 bits per heavy atom. The lowest BCUT2D eigenvalue weighted by Gasteiger charge is -2.21. The molecule has 0 spiro atoms. The molecule has 7 heteroatoms. The monoisotopic (exact) mass is 407 g/mol. The molecule has 0 aliphatic carbocycles. The number of ether oxygens (including phenoxy) is 1. The molecule has 0 aliphatic rings. The molecule has 0 saturated carbocycles. The predicted octanol–water partition coefficient (Wildman–Crippen LogP) is 2.91. The summed E-state index contributed by atoms with van der Waals surface area (Å²) in [5, 5.41) is 10.3. The first kappa shape index (κ1) is 21.2. The van der Waals surface area contributed by atoms with Gasteiger partial charge in [0.25, 0.3) is 11.5 Å². The summed E-state index contributed by atoms with van der Waals surface area (Å²) in [7, 11) is 0. The van der Waals surface area contributed by atoms with Gasteiger partial charge in [0.15, 0.2) is 6.61 Å². The van der Waals surface area contributed by atoms with Gasteiger partial charge in [-0.3, -0.25) is 14.4 Å². The molecule has 0 radical (unpaired) electrons. The Labute approximate surface area is 174 Å². The van der Waals surface area contributed by atoms with Crippen LogP contribution in [0, 0.1) is 5.92 Å². The van der Waals surface area contributed by atoms with Crippen molar-refractivity contribution in [2.75, 3.05) is 6.61 Å². The molecule has 7 nitrogen and oxygen atoms in total. The number of aromatic nitrogens is 2. The smallest absolute Gasteiger partial charge is 0.312 e. The van der Waals surface area contributed by atoms with E-state index in [1.807, 2.05) is 30.3 Å². The number of nitrogens with one attached hydrogen (secondary N) is 2. The molecule has 3 aromatic rings. The molecule has 1 atom stereocenters. The number of hydrogen-bond acceptors (Lipinski definition) is 5. The molecule has 1 aromatic heterocycles. The van der Waals surface area contributed by atoms with Crippen molar-refractivity contribution in [2.45, 2.75) is 32.7 Å². The Morgan fingerprint density at radius 1 is 1.03 bits per heavy atom. The van der Waals surface area contributed by atoms with Crippen LogP contribution < -0.4 is 10.9 Å². The lowest BCUT2D eigenvalue weighted by Crippen LogP contribution is -2.33. The zero-order valence-electron chi connectivity index (χ0n) is 17.1. The van der Waals surface area contributed by atoms with Crippen molar-refractivity contribution in [3.05, 3.63) is 76.2 Å². The van der Waals surface area contributed by atoms with Crippen molar-refractivity contribution in [1.82, 2.24) is 15.5 Å². The number of fused-ring (bicyclic) bond motifs is 1. The van der Waals surface area contributed by atoms with Crippen LogP contribution in [0.5, 0.6) is 0 Å². The van der Waals surface area contributed by atoms with Gasteiger partial charge in [-0.15, -0.1) is 0 Å². The lowest BCUT2D eigenvalue weighted by atomic mass is 9.97. The molecule has 0 bridgehead atoms. The largest absolute Gasteiger partial charge is 0.455 e. The SMILES string of the molecule is CC(C)C[C@H](NC(=O)COC(=O)Cc1n[nH]c(=O)c2ccccc12)c1ccccc1. The fourth-order valence-electron chi connectivity index (χ4n) is 3.31. The van der Waals surface area contributed by atoms with Gasteiger partial charge in [0.2, 0.25) is 0 Å². The van der Waals surface area contributed by atoms with Gasteiger partial charge >= 0.3 is 5.97 Å². The van der Waals surface area contributed by atoms with Crippen molar-refractivity contribution in [3.63, 3.8) is 0 Å². The summed E-state index contributed by atoms with van der Waals surface area (Å²) in [6, 6.07) is 16.5. The molecule has 30 heavy (non-hydrogen) atoms. The van der Waals surface area contributed by atoms with Crippen molar-refractivity contribution in [1.29, 1.82) is 0 Å². The number of hydrogen-bond donors (Lipinski definition) is 2. The fraction of sp³-hybridized carbons (Fsp3) is 0.304. The molecule has 1 amide bonds. The molecular formula is C23H25N3O4. The van der Waals surface area contributed by atoms with Crippen LogP contribution in [0.2, 0.25) is 0 Å². The van der Waals surface area contributed by atoms with Crippen molar-refractivity contribution in [2.24, 2.45) is 5.92 Å². The van der Waals surface area contributed by atoms with Crippen LogP contribution in [-0.4, -0.2) is 28.7 Å². The number of H-pyrrole nitrogens is 1. The van der Waals surface area contributed by atoms with Gasteiger partial charge in [0, 0.05) is 5.39 Å². The first-order valence-corrected chi connectivity index (χ1v) is 9.90. The Bertz CT molecular complexity index is 1080. The predicted molar refractivity (Wildman–Crippen MR) is 114 cm³/mol. The summed E-state index contributed by atoms with van der Waals surface area (Å²) >= 11 is 0. The van der Waals surface area contributed by atoms with E-state index in [1.54, 1.807) is 24.3 Å². The van der Waals surface area contributed by atoms with Crippen molar-refractivity contribution in [3.8, 4) is 0 Å². The zero-order chi connectivity index (χ0) is 21.5. The van der Waals surface area contributed by atoms with Crippen LogP contribution in [0.1, 0.15) is 37.6 Å². The third-order valence-electron chi connectivity index (χ3n) is 4.70. The first-order valence-electron chi connectivity index (χ1n) is 9.90. The van der Waals surface area contributed by atoms with Gasteiger partial charge in [0.1, 0.15) is 0 Å². The third-order valence-corrected chi connectivity index (χ3v) is 4.70. The first-order chi connectivity index (χ1) is 14.4. The van der Waals surface area contributed by atoms with Crippen molar-refractivity contribution < 1.29 is 14.3 Å². The van der Waals surface area contributed by atoms with E-state index in [0.717, 1.165) is 12.0 Å². The second kappa shape index (κ2) is 9.82. The highest BCUT2D eigenvalue weighted by molar-refractivity contribution is 5.87. The fourth-order valence-corrected chi connectivity index (χ4v) is 3.31. The Kier molecular flexibility index (Phi) is 6.95. The number of carbonyl (C=O) groups excluding carboxylic acids is 2. The molecule has 156 valence electrons. The Hall–Kier alpha value is -3.48. The third kappa shape index (κ3) is 5.53. The minimum atomic E-state index is -0.588. The maximum absolute atomic E-state index is 12.4. The Balaban J connectivity index is 1.60. The van der Waals surface area contributed by atoms with Gasteiger partial charge in [-0.1, -0.05) is 62.4 Å². The number of amides is 1. The lowest BCUT2D eigenvalue weighted by molar-refractivity contribution is -0.148. The van der Waals surface area contributed by atoms with E-state index in [0.29, 0.717) is 22.4 Å². The van der Waals surface area contributed by atoms with Crippen LogP contribution >= 0.6 is 0 Å². The van der Waals surface area contributed by atoms with Gasteiger partial charge < -0.3 is 10.1 Å². The van der Waals surface area contributed by atoms with E-state index in [4.69, 9.17) is 4.74 Å². The number of nitrogens with zero attached hydrogens (tertiary/aromatic N) is 1. The van der Waals surface area contributed by atoms with E-state index >= 15 is 0 Å². The molecule has 0 unspecified atom stereocenters. The van der Waals surface area contributed by atoms with E-state index in [1.165, 1.54) is 0 Å². The number of rotatable bonds is 8. The van der Waals surface area contributed by atoms with Crippen molar-refractivity contribution >= 4 is 22.6 Å². The number of carbonyl (C=O) groups is 2. The van der Waals surface area contributed by atoms with Gasteiger partial charge in [-0.2, -0.15) is 5.10 Å². The highest BCUT2D eigenvalue weighted by Crippen LogP contribution is 2.21. The van der Waals surface area contributed by atoms with E-state index in [-0.39, 0.29) is 30.5 Å². The molecule has 1 heterocycles. The standard InChI is InChI=1S/C23H25N3O4/c1-15(2)12-19(16-8-4-3-5-9-16)24-21(27)14-30-22(28)13-20-17-10-6-7-11-18(17)23(29)26-25-20/h3-11,15,19H,12-14H2,1-2H3,(H,24,27)(H,26,29)/t19-/m0/s1. The summed E-state index contributed by atoms with van der Waals surface area (Å²) in [6.45, 7) is 3.80. The molecule has 2 N–H and O–H groups in total.